The zero-order valence-corrected chi connectivity index (χ0v) is 34.3. The Morgan fingerprint density at radius 2 is 0.667 bits per heavy atom. The lowest BCUT2D eigenvalue weighted by Gasteiger charge is -2.13. The molecule has 3 N–H and O–H groups in total. The summed E-state index contributed by atoms with van der Waals surface area (Å²) in [6.07, 6.45) is 5.56. The molecule has 282 valence electrons. The molecule has 7 aromatic rings. The number of hydrogen-bond acceptors (Lipinski definition) is 9. The fourth-order valence-electron chi connectivity index (χ4n) is 6.27. The van der Waals surface area contributed by atoms with E-state index >= 15 is 0 Å². The summed E-state index contributed by atoms with van der Waals surface area (Å²) in [6.45, 7) is 2.21. The van der Waals surface area contributed by atoms with Gasteiger partial charge < -0.3 is 0 Å². The van der Waals surface area contributed by atoms with Gasteiger partial charge in [0.05, 0.1) is 0 Å². The van der Waals surface area contributed by atoms with Crippen LogP contribution in [0.1, 0.15) is 36.0 Å². The Morgan fingerprint density at radius 3 is 0.926 bits per heavy atom. The second-order valence-electron chi connectivity index (χ2n) is 12.4. The van der Waals surface area contributed by atoms with E-state index in [0.717, 1.165) is 92.3 Å². The first-order valence-corrected chi connectivity index (χ1v) is 19.5. The van der Waals surface area contributed by atoms with Crippen LogP contribution in [-0.4, -0.2) is 26.8 Å². The van der Waals surface area contributed by atoms with Gasteiger partial charge in [-0.1, -0.05) is 91.0 Å². The third-order valence-corrected chi connectivity index (χ3v) is 11.2. The molecule has 3 aromatic heterocycles. The number of rotatable bonds is 15. The minimum Gasteiger partial charge on any atom is -0.278 e. The highest BCUT2D eigenvalue weighted by Gasteiger charge is 2.19. The van der Waals surface area contributed by atoms with Crippen LogP contribution in [0.25, 0.3) is 34.2 Å². The molecule has 4 aromatic carbocycles. The average Bonchev–Trinajstić information content (AvgIpc) is 3.84. The van der Waals surface area contributed by atoms with E-state index in [1.54, 1.807) is 0 Å². The van der Waals surface area contributed by atoms with Crippen LogP contribution in [0.3, 0.4) is 0 Å². The van der Waals surface area contributed by atoms with E-state index in [4.69, 9.17) is 31.2 Å². The number of aryl methyl sites for hydroxylation is 6. The van der Waals surface area contributed by atoms with Crippen molar-refractivity contribution in [1.29, 1.82) is 16.2 Å². The highest BCUT2D eigenvalue weighted by Crippen LogP contribution is 2.32. The summed E-state index contributed by atoms with van der Waals surface area (Å²) in [6, 6.07) is 37.7. The summed E-state index contributed by atoms with van der Waals surface area (Å²) < 4.78 is 6.35. The van der Waals surface area contributed by atoms with Gasteiger partial charge >= 0.3 is 0 Å². The van der Waals surface area contributed by atoms with Crippen molar-refractivity contribution in [2.45, 2.75) is 58.2 Å². The van der Waals surface area contributed by atoms with Crippen LogP contribution < -0.4 is 14.4 Å². The van der Waals surface area contributed by atoms with Gasteiger partial charge in [-0.2, -0.15) is 15.0 Å². The van der Waals surface area contributed by atoms with Crippen molar-refractivity contribution < 1.29 is 0 Å². The number of benzene rings is 4. The number of aromatic nitrogens is 6. The van der Waals surface area contributed by atoms with Crippen LogP contribution in [0.5, 0.6) is 0 Å². The molecule has 0 aliphatic carbocycles. The molecule has 0 amide bonds. The number of nitrogens with one attached hydrogen (secondary N) is 3. The molecule has 9 nitrogen and oxygen atoms in total. The van der Waals surface area contributed by atoms with Crippen molar-refractivity contribution in [2.24, 2.45) is 0 Å². The first kappa shape index (κ1) is 42.6. The van der Waals surface area contributed by atoms with Gasteiger partial charge in [0, 0.05) is 36.3 Å². The van der Waals surface area contributed by atoms with Crippen LogP contribution in [0.15, 0.2) is 109 Å². The molecular formula is C39H42Cl3N9S3. The van der Waals surface area contributed by atoms with Gasteiger partial charge in [-0.05, 0) is 108 Å². The van der Waals surface area contributed by atoms with E-state index in [-0.39, 0.29) is 51.6 Å². The topological polar surface area (TPSA) is 125 Å². The standard InChI is InChI=1S/C39H39N9S3.3ClH/c40-37-43-34(46(49-37)22-10-19-28-13-4-1-5-14-28)31-25-32(35-44-38(41)50-47(35)23-11-20-29-15-6-2-7-16-29)27-33(26-31)36-45-39(42)51-48(36)24-12-21-30-17-8-3-9-18-30;;;/h1-9,13-18,25-27,40-42H,10-12,19-24H2;3*1H. The predicted molar refractivity (Wildman–Crippen MR) is 227 cm³/mol. The van der Waals surface area contributed by atoms with E-state index in [2.05, 4.69) is 103 Å². The molecule has 15 heteroatoms. The summed E-state index contributed by atoms with van der Waals surface area (Å²) in [5.74, 6) is 2.19. The molecule has 0 unspecified atom stereocenters. The highest BCUT2D eigenvalue weighted by molar-refractivity contribution is 7.04. The maximum atomic E-state index is 8.52. The highest BCUT2D eigenvalue weighted by atomic mass is 35.5. The number of hydrogen-bond donors (Lipinski definition) is 3. The van der Waals surface area contributed by atoms with E-state index < -0.39 is 0 Å². The largest absolute Gasteiger partial charge is 0.278 e. The molecule has 0 radical (unpaired) electrons. The minimum atomic E-state index is 0. The lowest BCUT2D eigenvalue weighted by Crippen LogP contribution is -2.04. The molecule has 0 bridgehead atoms. The van der Waals surface area contributed by atoms with Crippen LogP contribution in [-0.2, 0) is 38.9 Å². The van der Waals surface area contributed by atoms with Crippen LogP contribution in [0.4, 0.5) is 0 Å². The van der Waals surface area contributed by atoms with Crippen molar-refractivity contribution in [3.05, 3.63) is 140 Å². The molecule has 7 rings (SSSR count). The van der Waals surface area contributed by atoms with Gasteiger partial charge in [0.25, 0.3) is 0 Å². The third-order valence-electron chi connectivity index (χ3n) is 8.64. The Morgan fingerprint density at radius 1 is 0.407 bits per heavy atom. The normalized spacial score (nSPS) is 10.7. The van der Waals surface area contributed by atoms with Gasteiger partial charge in [-0.15, -0.1) is 37.2 Å². The first-order valence-electron chi connectivity index (χ1n) is 17.1. The van der Waals surface area contributed by atoms with Crippen LogP contribution in [0, 0.1) is 16.2 Å². The smallest absolute Gasteiger partial charge is 0.219 e. The first-order chi connectivity index (χ1) is 25.0. The molecule has 0 atom stereocenters. The molecule has 0 spiro atoms. The molecule has 54 heavy (non-hydrogen) atoms. The van der Waals surface area contributed by atoms with Gasteiger partial charge in [0.15, 0.2) is 17.5 Å². The van der Waals surface area contributed by atoms with Crippen molar-refractivity contribution in [1.82, 2.24) is 26.8 Å². The summed E-state index contributed by atoms with van der Waals surface area (Å²) in [4.78, 5) is 14.9. The predicted octanol–water partition coefficient (Wildman–Crippen LogP) is 9.06. The Balaban J connectivity index is 0.00000217. The fourth-order valence-corrected chi connectivity index (χ4v) is 8.64. The van der Waals surface area contributed by atoms with E-state index in [1.165, 1.54) is 51.3 Å². The van der Waals surface area contributed by atoms with E-state index in [1.807, 2.05) is 18.2 Å². The second-order valence-corrected chi connectivity index (χ2v) is 15.4. The van der Waals surface area contributed by atoms with Crippen molar-refractivity contribution in [2.75, 3.05) is 0 Å². The maximum Gasteiger partial charge on any atom is 0.219 e. The SMILES string of the molecule is Cl.Cl.Cl.N=c1nc(-c2cc(-c3nc(=N)sn3CCCc3ccccc3)cc(-c3nc(=N)sn3CCCc3ccccc3)c2)n(CCCc2ccccc2)s1. The zero-order valence-electron chi connectivity index (χ0n) is 29.4. The van der Waals surface area contributed by atoms with Gasteiger partial charge in [-0.25, -0.2) is 0 Å². The maximum absolute atomic E-state index is 8.52. The third kappa shape index (κ3) is 11.0. The number of nitrogens with zero attached hydrogens (tertiary/aromatic N) is 6. The van der Waals surface area contributed by atoms with Crippen molar-refractivity contribution in [3.63, 3.8) is 0 Å². The van der Waals surface area contributed by atoms with Crippen LogP contribution >= 0.6 is 71.8 Å². The van der Waals surface area contributed by atoms with Gasteiger partial charge in [-0.3, -0.25) is 28.1 Å². The molecule has 0 aliphatic heterocycles. The molecular weight excluding hydrogens is 797 g/mol. The molecule has 0 saturated heterocycles. The average molecular weight is 839 g/mol. The molecule has 0 aliphatic rings. The quantitative estimate of drug-likeness (QED) is 0.0955. The monoisotopic (exact) mass is 837 g/mol. The van der Waals surface area contributed by atoms with Gasteiger partial charge in [0.1, 0.15) is 0 Å². The van der Waals surface area contributed by atoms with Crippen molar-refractivity contribution in [3.8, 4) is 34.2 Å². The van der Waals surface area contributed by atoms with Crippen molar-refractivity contribution >= 4 is 71.8 Å². The molecule has 0 fully saturated rings. The molecule has 3 heterocycles. The van der Waals surface area contributed by atoms with E-state index in [0.29, 0.717) is 0 Å². The lowest BCUT2D eigenvalue weighted by molar-refractivity contribution is 0.682. The Bertz CT molecular complexity index is 2100. The summed E-state index contributed by atoms with van der Waals surface area (Å²) >= 11 is 4.06. The minimum absolute atomic E-state index is 0. The fraction of sp³-hybridized carbons (Fsp3) is 0.231. The van der Waals surface area contributed by atoms with Gasteiger partial charge in [0.2, 0.25) is 14.4 Å². The summed E-state index contributed by atoms with van der Waals surface area (Å²) in [7, 11) is 0. The molecule has 0 saturated carbocycles. The lowest BCUT2D eigenvalue weighted by atomic mass is 10.0. The summed E-state index contributed by atoms with van der Waals surface area (Å²) in [5.41, 5.74) is 6.46. The second kappa shape index (κ2) is 20.5. The van der Waals surface area contributed by atoms with Crippen LogP contribution in [0.2, 0.25) is 0 Å². The Labute approximate surface area is 345 Å². The Kier molecular flexibility index (Phi) is 16.2. The zero-order chi connectivity index (χ0) is 35.0. The summed E-state index contributed by atoms with van der Waals surface area (Å²) in [5, 5.41) is 25.6. The number of halogens is 3. The Hall–Kier alpha value is -4.17. The van der Waals surface area contributed by atoms with E-state index in [9.17, 15) is 0 Å².